The molecule has 0 saturated heterocycles. The maximum atomic E-state index is 12.7. The summed E-state index contributed by atoms with van der Waals surface area (Å²) in [5.74, 6) is -0.909. The van der Waals surface area contributed by atoms with Gasteiger partial charge in [0.2, 0.25) is 0 Å². The molecule has 0 saturated carbocycles. The van der Waals surface area contributed by atoms with Crippen molar-refractivity contribution in [2.45, 2.75) is 232 Å². The van der Waals surface area contributed by atoms with Crippen molar-refractivity contribution in [3.05, 3.63) is 48.6 Å². The second-order valence-electron chi connectivity index (χ2n) is 15.3. The van der Waals surface area contributed by atoms with Gasteiger partial charge >= 0.3 is 17.9 Å². The van der Waals surface area contributed by atoms with Crippen molar-refractivity contribution in [2.24, 2.45) is 0 Å². The average Bonchev–Trinajstić information content (AvgIpc) is 3.18. The Morgan fingerprint density at radius 1 is 0.382 bits per heavy atom. The van der Waals surface area contributed by atoms with Gasteiger partial charge in [-0.2, -0.15) is 0 Å². The van der Waals surface area contributed by atoms with Crippen LogP contribution in [-0.4, -0.2) is 37.2 Å². The molecule has 0 aliphatic rings. The van der Waals surface area contributed by atoms with Crippen LogP contribution in [0.25, 0.3) is 0 Å². The molecule has 6 heteroatoms. The number of allylic oxidation sites excluding steroid dienone is 8. The predicted molar refractivity (Wildman–Crippen MR) is 233 cm³/mol. The van der Waals surface area contributed by atoms with Gasteiger partial charge in [-0.25, -0.2) is 0 Å². The van der Waals surface area contributed by atoms with Gasteiger partial charge in [-0.1, -0.05) is 185 Å². The Hall–Kier alpha value is -2.63. The molecule has 0 bridgehead atoms. The molecule has 1 atom stereocenters. The number of ether oxygens (including phenoxy) is 3. The highest BCUT2D eigenvalue weighted by Crippen LogP contribution is 2.14. The molecular formula is C49H86O6. The Bertz CT molecular complexity index is 980. The van der Waals surface area contributed by atoms with E-state index in [1.165, 1.54) is 77.0 Å². The first-order valence-electron chi connectivity index (χ1n) is 23.1. The minimum atomic E-state index is -0.779. The van der Waals surface area contributed by atoms with Crippen molar-refractivity contribution in [1.29, 1.82) is 0 Å². The van der Waals surface area contributed by atoms with E-state index in [4.69, 9.17) is 14.2 Å². The predicted octanol–water partition coefficient (Wildman–Crippen LogP) is 14.8. The van der Waals surface area contributed by atoms with Gasteiger partial charge in [0, 0.05) is 19.3 Å². The molecule has 0 rings (SSSR count). The van der Waals surface area contributed by atoms with Crippen molar-refractivity contribution in [2.75, 3.05) is 13.2 Å². The maximum Gasteiger partial charge on any atom is 0.306 e. The summed E-state index contributed by atoms with van der Waals surface area (Å²) < 4.78 is 16.7. The summed E-state index contributed by atoms with van der Waals surface area (Å²) in [4.78, 5) is 37.7. The zero-order chi connectivity index (χ0) is 40.1. The van der Waals surface area contributed by atoms with Crippen molar-refractivity contribution in [3.8, 4) is 0 Å². The summed E-state index contributed by atoms with van der Waals surface area (Å²) >= 11 is 0. The molecule has 0 fully saturated rings. The van der Waals surface area contributed by atoms with Crippen LogP contribution in [0.3, 0.4) is 0 Å². The van der Waals surface area contributed by atoms with Crippen LogP contribution in [0, 0.1) is 0 Å². The van der Waals surface area contributed by atoms with Crippen LogP contribution in [0.4, 0.5) is 0 Å². The molecule has 0 aliphatic heterocycles. The lowest BCUT2D eigenvalue weighted by Crippen LogP contribution is -2.30. The van der Waals surface area contributed by atoms with E-state index < -0.39 is 6.10 Å². The van der Waals surface area contributed by atoms with Crippen molar-refractivity contribution in [1.82, 2.24) is 0 Å². The fraction of sp³-hybridized carbons (Fsp3) is 0.776. The van der Waals surface area contributed by atoms with Crippen LogP contribution in [0.5, 0.6) is 0 Å². The van der Waals surface area contributed by atoms with E-state index in [0.717, 1.165) is 109 Å². The number of hydrogen-bond acceptors (Lipinski definition) is 6. The fourth-order valence-corrected chi connectivity index (χ4v) is 6.32. The Balaban J connectivity index is 4.39. The molecule has 0 N–H and O–H groups in total. The van der Waals surface area contributed by atoms with Crippen LogP contribution in [0.15, 0.2) is 48.6 Å². The third-order valence-electron chi connectivity index (χ3n) is 9.82. The first-order valence-corrected chi connectivity index (χ1v) is 23.1. The summed E-state index contributed by atoms with van der Waals surface area (Å²) in [7, 11) is 0. The van der Waals surface area contributed by atoms with Crippen LogP contribution < -0.4 is 0 Å². The van der Waals surface area contributed by atoms with E-state index in [1.807, 2.05) is 0 Å². The molecule has 0 radical (unpaired) electrons. The maximum absolute atomic E-state index is 12.7. The molecule has 0 aliphatic carbocycles. The topological polar surface area (TPSA) is 78.9 Å². The SMILES string of the molecule is CC/C=C\C/C=C\C/C=C\CCCCCCCC(=O)OCC(COC(=O)CCCCCCCCCCCCC)OC(=O)CCCCCCC/C=C\CCCC. The highest BCUT2D eigenvalue weighted by molar-refractivity contribution is 5.71. The summed E-state index contributed by atoms with van der Waals surface area (Å²) in [6.45, 7) is 6.45. The molecule has 0 aromatic carbocycles. The standard InChI is InChI=1S/C49H86O6/c1-4-7-10-13-16-19-22-23-24-25-28-30-33-36-39-42-48(51)54-45-46(55-49(52)43-40-37-34-31-27-21-18-15-12-9-6-3)44-53-47(50)41-38-35-32-29-26-20-17-14-11-8-5-2/h7,10,15-16,18-19,23-24,46H,4-6,8-9,11-14,17,20-22,25-45H2,1-3H3/b10-7-,18-15-,19-16-,24-23-. The molecule has 1 unspecified atom stereocenters. The highest BCUT2D eigenvalue weighted by Gasteiger charge is 2.19. The van der Waals surface area contributed by atoms with Crippen molar-refractivity contribution in [3.63, 3.8) is 0 Å². The monoisotopic (exact) mass is 771 g/mol. The number of carbonyl (C=O) groups is 3. The summed E-state index contributed by atoms with van der Waals surface area (Å²) in [6, 6.07) is 0. The van der Waals surface area contributed by atoms with Gasteiger partial charge in [-0.15, -0.1) is 0 Å². The van der Waals surface area contributed by atoms with Gasteiger partial charge in [0.25, 0.3) is 0 Å². The first kappa shape index (κ1) is 52.4. The molecule has 0 aromatic heterocycles. The minimum Gasteiger partial charge on any atom is -0.462 e. The normalized spacial score (nSPS) is 12.4. The van der Waals surface area contributed by atoms with Crippen LogP contribution in [-0.2, 0) is 28.6 Å². The molecule has 0 spiro atoms. The zero-order valence-electron chi connectivity index (χ0n) is 36.2. The Morgan fingerprint density at radius 3 is 1.18 bits per heavy atom. The smallest absolute Gasteiger partial charge is 0.306 e. The Kier molecular flexibility index (Phi) is 42.0. The van der Waals surface area contributed by atoms with Gasteiger partial charge in [-0.3, -0.25) is 14.4 Å². The van der Waals surface area contributed by atoms with E-state index in [0.29, 0.717) is 19.3 Å². The number of unbranched alkanes of at least 4 members (excludes halogenated alkanes) is 22. The van der Waals surface area contributed by atoms with E-state index in [9.17, 15) is 14.4 Å². The molecule has 0 heterocycles. The second-order valence-corrected chi connectivity index (χ2v) is 15.3. The third kappa shape index (κ3) is 42.4. The molecular weight excluding hydrogens is 685 g/mol. The Morgan fingerprint density at radius 2 is 0.727 bits per heavy atom. The van der Waals surface area contributed by atoms with E-state index in [1.54, 1.807) is 0 Å². The first-order chi connectivity index (χ1) is 27.0. The van der Waals surface area contributed by atoms with Gasteiger partial charge in [0.1, 0.15) is 13.2 Å². The number of rotatable bonds is 41. The van der Waals surface area contributed by atoms with E-state index in [-0.39, 0.29) is 31.1 Å². The summed E-state index contributed by atoms with van der Waals surface area (Å²) in [6.07, 6.45) is 50.9. The van der Waals surface area contributed by atoms with Gasteiger partial charge in [0.05, 0.1) is 0 Å². The van der Waals surface area contributed by atoms with E-state index >= 15 is 0 Å². The van der Waals surface area contributed by atoms with Crippen LogP contribution in [0.1, 0.15) is 226 Å². The third-order valence-corrected chi connectivity index (χ3v) is 9.82. The van der Waals surface area contributed by atoms with E-state index in [2.05, 4.69) is 69.4 Å². The summed E-state index contributed by atoms with van der Waals surface area (Å²) in [5.41, 5.74) is 0. The van der Waals surface area contributed by atoms with Crippen LogP contribution >= 0.6 is 0 Å². The minimum absolute atomic E-state index is 0.0807. The Labute approximate surface area is 339 Å². The van der Waals surface area contributed by atoms with Crippen LogP contribution in [0.2, 0.25) is 0 Å². The number of esters is 3. The lowest BCUT2D eigenvalue weighted by Gasteiger charge is -2.18. The fourth-order valence-electron chi connectivity index (χ4n) is 6.32. The second kappa shape index (κ2) is 44.1. The quantitative estimate of drug-likeness (QED) is 0.0267. The zero-order valence-corrected chi connectivity index (χ0v) is 36.2. The number of hydrogen-bond donors (Lipinski definition) is 0. The highest BCUT2D eigenvalue weighted by atomic mass is 16.6. The van der Waals surface area contributed by atoms with Gasteiger partial charge in [-0.05, 0) is 70.6 Å². The average molecular weight is 771 g/mol. The molecule has 6 nitrogen and oxygen atoms in total. The van der Waals surface area contributed by atoms with Crippen molar-refractivity contribution >= 4 is 17.9 Å². The van der Waals surface area contributed by atoms with Gasteiger partial charge < -0.3 is 14.2 Å². The molecule has 0 aromatic rings. The lowest BCUT2D eigenvalue weighted by atomic mass is 10.1. The molecule has 0 amide bonds. The molecule has 318 valence electrons. The van der Waals surface area contributed by atoms with Gasteiger partial charge in [0.15, 0.2) is 6.10 Å². The molecule has 55 heavy (non-hydrogen) atoms. The lowest BCUT2D eigenvalue weighted by molar-refractivity contribution is -0.167. The summed E-state index contributed by atoms with van der Waals surface area (Å²) in [5, 5.41) is 0. The van der Waals surface area contributed by atoms with Crippen molar-refractivity contribution < 1.29 is 28.6 Å². The number of carbonyl (C=O) groups excluding carboxylic acids is 3. The largest absolute Gasteiger partial charge is 0.462 e.